The van der Waals surface area contributed by atoms with E-state index in [1.165, 1.54) is 0 Å². The van der Waals surface area contributed by atoms with Crippen LogP contribution in [0.15, 0.2) is 12.2 Å². The summed E-state index contributed by atoms with van der Waals surface area (Å²) in [5, 5.41) is 0. The van der Waals surface area contributed by atoms with Crippen molar-refractivity contribution >= 4 is 11.9 Å². The van der Waals surface area contributed by atoms with E-state index < -0.39 is 11.2 Å². The molecule has 2 spiro atoms. The fourth-order valence-electron chi connectivity index (χ4n) is 5.72. The van der Waals surface area contributed by atoms with Crippen molar-refractivity contribution in [2.75, 3.05) is 13.2 Å². The smallest absolute Gasteiger partial charge is 0.318 e. The van der Waals surface area contributed by atoms with Crippen molar-refractivity contribution in [2.45, 2.75) is 36.9 Å². The van der Waals surface area contributed by atoms with Crippen molar-refractivity contribution in [1.29, 1.82) is 0 Å². The molecule has 21 heavy (non-hydrogen) atoms. The summed E-state index contributed by atoms with van der Waals surface area (Å²) in [6, 6.07) is 0. The Labute approximate surface area is 122 Å². The van der Waals surface area contributed by atoms with Crippen LogP contribution >= 0.6 is 0 Å². The van der Waals surface area contributed by atoms with Gasteiger partial charge in [0.2, 0.25) is 0 Å². The molecule has 4 fully saturated rings. The molecule has 5 nitrogen and oxygen atoms in total. The van der Waals surface area contributed by atoms with Crippen molar-refractivity contribution in [3.63, 3.8) is 0 Å². The third-order valence-corrected chi connectivity index (χ3v) is 6.33. The van der Waals surface area contributed by atoms with Gasteiger partial charge in [-0.15, -0.1) is 0 Å². The number of hydrogen-bond acceptors (Lipinski definition) is 5. The predicted molar refractivity (Wildman–Crippen MR) is 70.0 cm³/mol. The van der Waals surface area contributed by atoms with E-state index in [4.69, 9.17) is 14.2 Å². The molecule has 112 valence electrons. The van der Waals surface area contributed by atoms with Crippen molar-refractivity contribution < 1.29 is 23.8 Å². The number of hydrogen-bond donors (Lipinski definition) is 0. The van der Waals surface area contributed by atoms with Crippen molar-refractivity contribution in [2.24, 2.45) is 23.7 Å². The molecule has 2 bridgehead atoms. The van der Waals surface area contributed by atoms with Crippen LogP contribution in [0.2, 0.25) is 0 Å². The highest BCUT2D eigenvalue weighted by Crippen LogP contribution is 2.65. The molecule has 6 unspecified atom stereocenters. The Bertz CT molecular complexity index is 505. The van der Waals surface area contributed by atoms with Gasteiger partial charge in [0, 0.05) is 25.0 Å². The average Bonchev–Trinajstić information content (AvgIpc) is 3.18. The molecular formula is C16H18O5. The lowest BCUT2D eigenvalue weighted by molar-refractivity contribution is -0.247. The van der Waals surface area contributed by atoms with E-state index in [1.54, 1.807) is 0 Å². The highest BCUT2D eigenvalue weighted by molar-refractivity contribution is 5.98. The summed E-state index contributed by atoms with van der Waals surface area (Å²) in [5.41, 5.74) is -0.874. The van der Waals surface area contributed by atoms with Gasteiger partial charge < -0.3 is 14.2 Å². The van der Waals surface area contributed by atoms with Gasteiger partial charge in [-0.25, -0.2) is 0 Å². The van der Waals surface area contributed by atoms with Gasteiger partial charge in [-0.3, -0.25) is 9.59 Å². The van der Waals surface area contributed by atoms with E-state index in [-0.39, 0.29) is 35.6 Å². The van der Waals surface area contributed by atoms with E-state index in [0.29, 0.717) is 13.2 Å². The van der Waals surface area contributed by atoms with E-state index in [9.17, 15) is 9.59 Å². The zero-order valence-corrected chi connectivity index (χ0v) is 11.7. The lowest BCUT2D eigenvalue weighted by Gasteiger charge is -2.60. The van der Waals surface area contributed by atoms with Crippen LogP contribution < -0.4 is 0 Å². The summed E-state index contributed by atoms with van der Waals surface area (Å²) in [5.74, 6) is -1.67. The zero-order valence-electron chi connectivity index (χ0n) is 11.7. The van der Waals surface area contributed by atoms with E-state index in [0.717, 1.165) is 25.7 Å². The molecule has 5 heteroatoms. The summed E-state index contributed by atoms with van der Waals surface area (Å²) in [6.45, 7) is 1.42. The molecule has 0 aromatic heterocycles. The van der Waals surface area contributed by atoms with Gasteiger partial charge >= 0.3 is 11.9 Å². The minimum Gasteiger partial charge on any atom is -0.393 e. The molecule has 0 aromatic carbocycles. The molecule has 0 aromatic rings. The largest absolute Gasteiger partial charge is 0.393 e. The standard InChI is InChI=1S/C16H18O5/c17-13-11-9-3-4-10(12(11)14(18)21-13)16(6-2-8-20-16)15(9)5-1-7-19-15/h3-4,9-12H,1-2,5-8H2. The van der Waals surface area contributed by atoms with Gasteiger partial charge in [0.05, 0.1) is 11.8 Å². The maximum atomic E-state index is 12.2. The third kappa shape index (κ3) is 1.19. The van der Waals surface area contributed by atoms with Gasteiger partial charge in [-0.1, -0.05) is 12.2 Å². The first kappa shape index (κ1) is 12.4. The van der Waals surface area contributed by atoms with E-state index in [2.05, 4.69) is 12.2 Å². The Morgan fingerprint density at radius 2 is 1.33 bits per heavy atom. The third-order valence-electron chi connectivity index (χ3n) is 6.33. The maximum Gasteiger partial charge on any atom is 0.318 e. The molecule has 6 rings (SSSR count). The van der Waals surface area contributed by atoms with Crippen LogP contribution in [0.3, 0.4) is 0 Å². The first-order valence-corrected chi connectivity index (χ1v) is 7.91. The molecule has 0 N–H and O–H groups in total. The number of carbonyl (C=O) groups is 2. The summed E-state index contributed by atoms with van der Waals surface area (Å²) < 4.78 is 17.5. The zero-order chi connectivity index (χ0) is 14.2. The Hall–Kier alpha value is -1.20. The summed E-state index contributed by atoms with van der Waals surface area (Å²) >= 11 is 0. The highest BCUT2D eigenvalue weighted by Gasteiger charge is 2.75. The predicted octanol–water partition coefficient (Wildman–Crippen LogP) is 1.22. The number of ether oxygens (including phenoxy) is 3. The van der Waals surface area contributed by atoms with Crippen molar-refractivity contribution in [1.82, 2.24) is 0 Å². The Kier molecular flexibility index (Phi) is 2.21. The highest BCUT2D eigenvalue weighted by atomic mass is 16.6. The average molecular weight is 290 g/mol. The maximum absolute atomic E-state index is 12.2. The van der Waals surface area contributed by atoms with E-state index in [1.807, 2.05) is 0 Å². The monoisotopic (exact) mass is 290 g/mol. The first-order chi connectivity index (χ1) is 10.2. The van der Waals surface area contributed by atoms with Crippen LogP contribution in [0.4, 0.5) is 0 Å². The summed E-state index contributed by atoms with van der Waals surface area (Å²) in [4.78, 5) is 24.4. The molecule has 3 aliphatic heterocycles. The van der Waals surface area contributed by atoms with Crippen molar-refractivity contribution in [3.8, 4) is 0 Å². The van der Waals surface area contributed by atoms with Crippen LogP contribution in [-0.4, -0.2) is 36.4 Å². The van der Waals surface area contributed by atoms with Gasteiger partial charge in [0.25, 0.3) is 0 Å². The van der Waals surface area contributed by atoms with Gasteiger partial charge in [-0.2, -0.15) is 0 Å². The minimum absolute atomic E-state index is 0.0907. The molecule has 1 saturated carbocycles. The first-order valence-electron chi connectivity index (χ1n) is 7.91. The summed E-state index contributed by atoms with van der Waals surface area (Å²) in [6.07, 6.45) is 7.96. The Balaban J connectivity index is 1.72. The molecular weight excluding hydrogens is 272 g/mol. The molecule has 3 aliphatic carbocycles. The Morgan fingerprint density at radius 1 is 0.857 bits per heavy atom. The lowest BCUT2D eigenvalue weighted by Crippen LogP contribution is -2.71. The van der Waals surface area contributed by atoms with Crippen LogP contribution in [0.5, 0.6) is 0 Å². The van der Waals surface area contributed by atoms with Gasteiger partial charge in [0.1, 0.15) is 11.2 Å². The second-order valence-electron chi connectivity index (χ2n) is 6.91. The SMILES string of the molecule is O=C1OC(=O)C2C1C1C=CC2C2(CCCO2)C12CCCO2. The van der Waals surface area contributed by atoms with Crippen LogP contribution in [-0.2, 0) is 23.8 Å². The fourth-order valence-corrected chi connectivity index (χ4v) is 5.72. The quantitative estimate of drug-likeness (QED) is 0.381. The molecule has 3 saturated heterocycles. The minimum atomic E-state index is -0.437. The van der Waals surface area contributed by atoms with E-state index >= 15 is 0 Å². The normalized spacial score (nSPS) is 53.9. The molecule has 3 heterocycles. The van der Waals surface area contributed by atoms with Crippen LogP contribution in [0.1, 0.15) is 25.7 Å². The molecule has 0 radical (unpaired) electrons. The number of carbonyl (C=O) groups excluding carboxylic acids is 2. The molecule has 6 aliphatic rings. The molecule has 6 atom stereocenters. The summed E-state index contributed by atoms with van der Waals surface area (Å²) in [7, 11) is 0. The number of rotatable bonds is 0. The molecule has 0 amide bonds. The van der Waals surface area contributed by atoms with Gasteiger partial charge in [-0.05, 0) is 25.7 Å². The van der Waals surface area contributed by atoms with Crippen LogP contribution in [0, 0.1) is 23.7 Å². The van der Waals surface area contributed by atoms with Gasteiger partial charge in [0.15, 0.2) is 0 Å². The Morgan fingerprint density at radius 3 is 1.71 bits per heavy atom. The number of esters is 2. The van der Waals surface area contributed by atoms with Crippen LogP contribution in [0.25, 0.3) is 0 Å². The fraction of sp³-hybridized carbons (Fsp3) is 0.750. The second kappa shape index (κ2) is 3.76. The topological polar surface area (TPSA) is 61.8 Å². The second-order valence-corrected chi connectivity index (χ2v) is 6.91. The lowest BCUT2D eigenvalue weighted by atomic mass is 9.48. The number of cyclic esters (lactones) is 2. The van der Waals surface area contributed by atoms with Crippen molar-refractivity contribution in [3.05, 3.63) is 12.2 Å².